The van der Waals surface area contributed by atoms with Crippen molar-refractivity contribution in [1.82, 2.24) is 9.80 Å². The van der Waals surface area contributed by atoms with Gasteiger partial charge in [0.2, 0.25) is 0 Å². The summed E-state index contributed by atoms with van der Waals surface area (Å²) in [5.74, 6) is 0.960. The van der Waals surface area contributed by atoms with Crippen molar-refractivity contribution in [3.63, 3.8) is 0 Å². The number of nitrogens with zero attached hydrogens (tertiary/aromatic N) is 2. The highest BCUT2D eigenvalue weighted by Gasteiger charge is 2.49. The molecule has 2 atom stereocenters. The molecule has 2 aromatic rings. The second-order valence-corrected chi connectivity index (χ2v) is 18.1. The Bertz CT molecular complexity index is 1260. The molecular formula is C38H54Br2N2O2S2. The highest BCUT2D eigenvalue weighted by atomic mass is 79.9. The number of hydrogen-bond donors (Lipinski definition) is 0. The van der Waals surface area contributed by atoms with E-state index < -0.39 is 0 Å². The van der Waals surface area contributed by atoms with Crippen LogP contribution in [0.2, 0.25) is 0 Å². The van der Waals surface area contributed by atoms with Crippen LogP contribution in [0.3, 0.4) is 0 Å². The highest BCUT2D eigenvalue weighted by molar-refractivity contribution is 9.11. The summed E-state index contributed by atoms with van der Waals surface area (Å²) in [5.41, 5.74) is 3.15. The molecule has 0 radical (unpaired) electrons. The van der Waals surface area contributed by atoms with Gasteiger partial charge in [-0.2, -0.15) is 0 Å². The lowest BCUT2D eigenvalue weighted by Gasteiger charge is -2.27. The van der Waals surface area contributed by atoms with Crippen molar-refractivity contribution >= 4 is 77.5 Å². The molecule has 0 saturated heterocycles. The van der Waals surface area contributed by atoms with Gasteiger partial charge in [-0.25, -0.2) is 0 Å². The van der Waals surface area contributed by atoms with Crippen molar-refractivity contribution in [3.05, 3.63) is 53.0 Å². The van der Waals surface area contributed by atoms with Gasteiger partial charge < -0.3 is 9.80 Å². The molecule has 2 unspecified atom stereocenters. The maximum absolute atomic E-state index is 14.7. The number of thiophene rings is 2. The zero-order chi connectivity index (χ0) is 33.1. The minimum atomic E-state index is 0.0630. The molecular weight excluding hydrogens is 740 g/mol. The van der Waals surface area contributed by atoms with Gasteiger partial charge in [-0.3, -0.25) is 9.59 Å². The molecule has 4 nitrogen and oxygen atoms in total. The number of fused-ring (bicyclic) bond motifs is 1. The number of rotatable bonds is 22. The molecule has 2 aliphatic rings. The first-order chi connectivity index (χ1) is 22.3. The van der Waals surface area contributed by atoms with Crippen LogP contribution < -0.4 is 0 Å². The SMILES string of the molecule is CCCCCCC(CCCC)CN1C(=O)C(c2ccc(Br)s2)=C2C1=C(c1ccc(Br)s1)C(=O)N2CC(CCCC)CCCCCC. The van der Waals surface area contributed by atoms with Gasteiger partial charge in [0.1, 0.15) is 0 Å². The molecule has 0 aliphatic carbocycles. The Morgan fingerprint density at radius 2 is 0.913 bits per heavy atom. The normalized spacial score (nSPS) is 16.4. The lowest BCUT2D eigenvalue weighted by atomic mass is 9.94. The molecule has 46 heavy (non-hydrogen) atoms. The quantitative estimate of drug-likeness (QED) is 0.111. The van der Waals surface area contributed by atoms with Crippen LogP contribution in [0.1, 0.15) is 140 Å². The van der Waals surface area contributed by atoms with Crippen LogP contribution in [-0.4, -0.2) is 34.7 Å². The summed E-state index contributed by atoms with van der Waals surface area (Å²) in [6.45, 7) is 10.4. The first kappa shape index (κ1) is 37.6. The molecule has 0 saturated carbocycles. The van der Waals surface area contributed by atoms with Crippen LogP contribution in [0.15, 0.2) is 43.2 Å². The van der Waals surface area contributed by atoms with E-state index >= 15 is 0 Å². The average molecular weight is 795 g/mol. The summed E-state index contributed by atoms with van der Waals surface area (Å²) in [6, 6.07) is 8.16. The van der Waals surface area contributed by atoms with Gasteiger partial charge in [0, 0.05) is 22.8 Å². The summed E-state index contributed by atoms with van der Waals surface area (Å²) < 4.78 is 2.00. The van der Waals surface area contributed by atoms with E-state index in [0.29, 0.717) is 36.1 Å². The molecule has 8 heteroatoms. The molecule has 0 aromatic carbocycles. The maximum Gasteiger partial charge on any atom is 0.262 e. The summed E-state index contributed by atoms with van der Waals surface area (Å²) in [4.78, 5) is 35.4. The van der Waals surface area contributed by atoms with Crippen LogP contribution in [0, 0.1) is 11.8 Å². The second kappa shape index (κ2) is 19.1. The Labute approximate surface area is 303 Å². The first-order valence-corrected chi connectivity index (χ1v) is 21.2. The Hall–Kier alpha value is -1.22. The van der Waals surface area contributed by atoms with Crippen molar-refractivity contribution in [2.24, 2.45) is 11.8 Å². The number of carbonyl (C=O) groups excluding carboxylic acids is 2. The van der Waals surface area contributed by atoms with Crippen LogP contribution in [-0.2, 0) is 9.59 Å². The van der Waals surface area contributed by atoms with Crippen molar-refractivity contribution in [3.8, 4) is 0 Å². The van der Waals surface area contributed by atoms with E-state index in [1.165, 1.54) is 51.4 Å². The Morgan fingerprint density at radius 1 is 0.543 bits per heavy atom. The minimum absolute atomic E-state index is 0.0630. The molecule has 2 aromatic heterocycles. The van der Waals surface area contributed by atoms with Crippen LogP contribution in [0.5, 0.6) is 0 Å². The fraction of sp³-hybridized carbons (Fsp3) is 0.632. The van der Waals surface area contributed by atoms with E-state index in [0.717, 1.165) is 80.1 Å². The van der Waals surface area contributed by atoms with E-state index in [4.69, 9.17) is 0 Å². The van der Waals surface area contributed by atoms with Gasteiger partial charge in [-0.05, 0) is 93.6 Å². The molecule has 254 valence electrons. The summed E-state index contributed by atoms with van der Waals surface area (Å²) in [7, 11) is 0. The van der Waals surface area contributed by atoms with Gasteiger partial charge in [-0.1, -0.05) is 105 Å². The van der Waals surface area contributed by atoms with Crippen LogP contribution in [0.4, 0.5) is 0 Å². The van der Waals surface area contributed by atoms with Gasteiger partial charge >= 0.3 is 0 Å². The smallest absolute Gasteiger partial charge is 0.262 e. The average Bonchev–Trinajstić information content (AvgIpc) is 3.79. The van der Waals surface area contributed by atoms with Crippen molar-refractivity contribution < 1.29 is 9.59 Å². The van der Waals surface area contributed by atoms with Crippen molar-refractivity contribution in [2.75, 3.05) is 13.1 Å². The van der Waals surface area contributed by atoms with Gasteiger partial charge in [0.25, 0.3) is 11.8 Å². The monoisotopic (exact) mass is 792 g/mol. The standard InChI is InChI=1S/C38H54Br2N2O2S2/c1-5-9-13-15-19-27(17-11-7-3)25-41-35-33(29-21-23-31(39)45-29)38(44)42(26-28(18-12-8-4)20-16-14-10-6-2)36(35)34(37(41)43)30-22-24-32(40)46-30/h21-24,27-28H,5-20,25-26H2,1-4H3. The molecule has 2 aliphatic heterocycles. The molecule has 0 N–H and O–H groups in total. The van der Waals surface area contributed by atoms with Crippen LogP contribution >= 0.6 is 54.5 Å². The largest absolute Gasteiger partial charge is 0.305 e. The fourth-order valence-corrected chi connectivity index (χ4v) is 9.85. The molecule has 4 rings (SSSR count). The third kappa shape index (κ3) is 9.47. The molecule has 0 spiro atoms. The predicted molar refractivity (Wildman–Crippen MR) is 205 cm³/mol. The molecule has 4 heterocycles. The zero-order valence-corrected chi connectivity index (χ0v) is 33.3. The van der Waals surface area contributed by atoms with Crippen molar-refractivity contribution in [1.29, 1.82) is 0 Å². The lowest BCUT2D eigenvalue weighted by Crippen LogP contribution is -2.32. The minimum Gasteiger partial charge on any atom is -0.305 e. The Balaban J connectivity index is 1.79. The lowest BCUT2D eigenvalue weighted by molar-refractivity contribution is -0.123. The summed E-state index contributed by atoms with van der Waals surface area (Å²) >= 11 is 10.5. The number of carbonyl (C=O) groups is 2. The topological polar surface area (TPSA) is 40.6 Å². The second-order valence-electron chi connectivity index (χ2n) is 13.2. The number of halogens is 2. The Kier molecular flexibility index (Phi) is 15.6. The predicted octanol–water partition coefficient (Wildman–Crippen LogP) is 12.7. The fourth-order valence-electron chi connectivity index (χ4n) is 7.00. The van der Waals surface area contributed by atoms with E-state index in [-0.39, 0.29) is 11.8 Å². The number of amides is 2. The number of hydrogen-bond acceptors (Lipinski definition) is 4. The van der Waals surface area contributed by atoms with E-state index in [9.17, 15) is 9.59 Å². The van der Waals surface area contributed by atoms with E-state index in [1.54, 1.807) is 22.7 Å². The first-order valence-electron chi connectivity index (χ1n) is 18.0. The van der Waals surface area contributed by atoms with Gasteiger partial charge in [-0.15, -0.1) is 22.7 Å². The van der Waals surface area contributed by atoms with E-state index in [2.05, 4.69) is 71.7 Å². The van der Waals surface area contributed by atoms with Crippen molar-refractivity contribution in [2.45, 2.75) is 130 Å². The molecule has 2 amide bonds. The molecule has 0 bridgehead atoms. The maximum atomic E-state index is 14.7. The zero-order valence-electron chi connectivity index (χ0n) is 28.5. The number of unbranched alkanes of at least 4 members (excludes halogenated alkanes) is 8. The van der Waals surface area contributed by atoms with Crippen LogP contribution in [0.25, 0.3) is 11.1 Å². The highest BCUT2D eigenvalue weighted by Crippen LogP contribution is 2.50. The molecule has 0 fully saturated rings. The van der Waals surface area contributed by atoms with Gasteiger partial charge in [0.05, 0.1) is 30.1 Å². The van der Waals surface area contributed by atoms with Gasteiger partial charge in [0.15, 0.2) is 0 Å². The third-order valence-electron chi connectivity index (χ3n) is 9.54. The third-order valence-corrected chi connectivity index (χ3v) is 12.8. The van der Waals surface area contributed by atoms with E-state index in [1.807, 2.05) is 21.9 Å². The summed E-state index contributed by atoms with van der Waals surface area (Å²) in [6.07, 6.45) is 18.9. The summed E-state index contributed by atoms with van der Waals surface area (Å²) in [5, 5.41) is 0. The Morgan fingerprint density at radius 3 is 1.24 bits per heavy atom.